The Morgan fingerprint density at radius 3 is 2.27 bits per heavy atom. The van der Waals surface area contributed by atoms with E-state index in [4.69, 9.17) is 20.3 Å². The third kappa shape index (κ3) is 8.57. The van der Waals surface area contributed by atoms with Crippen LogP contribution in [0.3, 0.4) is 0 Å². The topological polar surface area (TPSA) is 110 Å². The van der Waals surface area contributed by atoms with E-state index in [-0.39, 0.29) is 6.42 Å². The number of hydrogen-bond acceptors (Lipinski definition) is 4. The molecule has 0 amide bonds. The number of esters is 1. The molecule has 0 aliphatic rings. The SMILES string of the molecule is CC(C)(C)OC(=O)C(N)CCP(=O)(O)O. The first kappa shape index (κ1) is 14.6. The maximum Gasteiger partial charge on any atom is 0.325 e. The van der Waals surface area contributed by atoms with Gasteiger partial charge < -0.3 is 20.3 Å². The van der Waals surface area contributed by atoms with Gasteiger partial charge in [0.15, 0.2) is 0 Å². The molecule has 1 atom stereocenters. The molecule has 0 aliphatic heterocycles. The molecule has 1 unspecified atom stereocenters. The predicted octanol–water partition coefficient (Wildman–Crippen LogP) is 0.223. The quantitative estimate of drug-likeness (QED) is 0.478. The number of rotatable bonds is 4. The van der Waals surface area contributed by atoms with E-state index in [2.05, 4.69) is 0 Å². The van der Waals surface area contributed by atoms with Crippen LogP contribution in [0, 0.1) is 0 Å². The van der Waals surface area contributed by atoms with E-state index in [1.165, 1.54) is 0 Å². The van der Waals surface area contributed by atoms with Gasteiger partial charge in [-0.15, -0.1) is 0 Å². The number of carbonyl (C=O) groups excluding carboxylic acids is 1. The van der Waals surface area contributed by atoms with Crippen molar-refractivity contribution in [3.63, 3.8) is 0 Å². The van der Waals surface area contributed by atoms with Crippen LogP contribution in [0.2, 0.25) is 0 Å². The minimum absolute atomic E-state index is 0.0841. The van der Waals surface area contributed by atoms with E-state index in [0.29, 0.717) is 0 Å². The Hall–Kier alpha value is -0.420. The fraction of sp³-hybridized carbons (Fsp3) is 0.875. The molecular weight excluding hydrogens is 221 g/mol. The van der Waals surface area contributed by atoms with Crippen LogP contribution in [-0.2, 0) is 14.1 Å². The molecule has 0 heterocycles. The molecule has 15 heavy (non-hydrogen) atoms. The molecule has 90 valence electrons. The first-order valence-electron chi connectivity index (χ1n) is 4.54. The molecule has 0 bridgehead atoms. The van der Waals surface area contributed by atoms with Gasteiger partial charge in [0.2, 0.25) is 0 Å². The van der Waals surface area contributed by atoms with Crippen molar-refractivity contribution >= 4 is 13.6 Å². The fourth-order valence-corrected chi connectivity index (χ4v) is 1.42. The van der Waals surface area contributed by atoms with Crippen LogP contribution in [0.25, 0.3) is 0 Å². The number of carbonyl (C=O) groups is 1. The van der Waals surface area contributed by atoms with E-state index in [9.17, 15) is 9.36 Å². The lowest BCUT2D eigenvalue weighted by Crippen LogP contribution is -2.37. The fourth-order valence-electron chi connectivity index (χ4n) is 0.803. The Morgan fingerprint density at radius 2 is 1.93 bits per heavy atom. The largest absolute Gasteiger partial charge is 0.459 e. The molecule has 0 fully saturated rings. The third-order valence-corrected chi connectivity index (χ3v) is 2.28. The van der Waals surface area contributed by atoms with Crippen molar-refractivity contribution in [1.82, 2.24) is 0 Å². The van der Waals surface area contributed by atoms with E-state index < -0.39 is 31.4 Å². The average molecular weight is 239 g/mol. The first-order valence-corrected chi connectivity index (χ1v) is 6.34. The molecule has 0 aromatic heterocycles. The smallest absolute Gasteiger partial charge is 0.325 e. The predicted molar refractivity (Wildman–Crippen MR) is 55.3 cm³/mol. The van der Waals surface area contributed by atoms with Crippen molar-refractivity contribution in [2.75, 3.05) is 6.16 Å². The van der Waals surface area contributed by atoms with Crippen molar-refractivity contribution < 1.29 is 23.9 Å². The van der Waals surface area contributed by atoms with Gasteiger partial charge in [-0.2, -0.15) is 0 Å². The number of ether oxygens (including phenoxy) is 1. The molecule has 0 aromatic rings. The van der Waals surface area contributed by atoms with Crippen LogP contribution >= 0.6 is 7.60 Å². The molecule has 0 aliphatic carbocycles. The Kier molecular flexibility index (Phi) is 4.93. The van der Waals surface area contributed by atoms with Gasteiger partial charge in [0, 0.05) is 0 Å². The summed E-state index contributed by atoms with van der Waals surface area (Å²) >= 11 is 0. The number of nitrogens with two attached hydrogens (primary N) is 1. The van der Waals surface area contributed by atoms with Crippen LogP contribution in [0.4, 0.5) is 0 Å². The highest BCUT2D eigenvalue weighted by atomic mass is 31.2. The summed E-state index contributed by atoms with van der Waals surface area (Å²) in [5.74, 6) is -0.643. The van der Waals surface area contributed by atoms with Gasteiger partial charge in [-0.05, 0) is 27.2 Å². The Balaban J connectivity index is 4.07. The Morgan fingerprint density at radius 1 is 1.47 bits per heavy atom. The van der Waals surface area contributed by atoms with Crippen molar-refractivity contribution in [1.29, 1.82) is 0 Å². The van der Waals surface area contributed by atoms with Crippen molar-refractivity contribution in [2.24, 2.45) is 5.73 Å². The van der Waals surface area contributed by atoms with Gasteiger partial charge in [-0.1, -0.05) is 0 Å². The molecule has 0 aromatic carbocycles. The molecule has 0 saturated heterocycles. The van der Waals surface area contributed by atoms with Crippen LogP contribution in [0.1, 0.15) is 27.2 Å². The summed E-state index contributed by atoms with van der Waals surface area (Å²) in [5.41, 5.74) is 4.77. The zero-order chi connectivity index (χ0) is 12.3. The van der Waals surface area contributed by atoms with Gasteiger partial charge in [-0.3, -0.25) is 9.36 Å². The minimum atomic E-state index is -4.10. The lowest BCUT2D eigenvalue weighted by molar-refractivity contribution is -0.156. The second-order valence-corrected chi connectivity index (χ2v) is 6.09. The highest BCUT2D eigenvalue weighted by molar-refractivity contribution is 7.51. The first-order chi connectivity index (χ1) is 6.51. The van der Waals surface area contributed by atoms with Crippen molar-refractivity contribution in [3.8, 4) is 0 Å². The number of hydrogen-bond donors (Lipinski definition) is 3. The summed E-state index contributed by atoms with van der Waals surface area (Å²) in [7, 11) is -4.10. The average Bonchev–Trinajstić information content (AvgIpc) is 1.95. The van der Waals surface area contributed by atoms with Gasteiger partial charge in [0.05, 0.1) is 6.16 Å². The monoisotopic (exact) mass is 239 g/mol. The third-order valence-electron chi connectivity index (χ3n) is 1.44. The van der Waals surface area contributed by atoms with Crippen LogP contribution in [0.15, 0.2) is 0 Å². The van der Waals surface area contributed by atoms with Crippen LogP contribution in [-0.4, -0.2) is 33.6 Å². The van der Waals surface area contributed by atoms with Gasteiger partial charge in [0.1, 0.15) is 11.6 Å². The maximum absolute atomic E-state index is 11.3. The van der Waals surface area contributed by atoms with Gasteiger partial charge in [0.25, 0.3) is 0 Å². The van der Waals surface area contributed by atoms with E-state index in [1.54, 1.807) is 20.8 Å². The van der Waals surface area contributed by atoms with Gasteiger partial charge in [-0.25, -0.2) is 0 Å². The van der Waals surface area contributed by atoms with Crippen molar-refractivity contribution in [2.45, 2.75) is 38.8 Å². The summed E-state index contributed by atoms with van der Waals surface area (Å²) in [6, 6.07) is -0.989. The van der Waals surface area contributed by atoms with E-state index in [1.807, 2.05) is 0 Å². The normalized spacial score (nSPS) is 14.8. The second kappa shape index (κ2) is 5.07. The minimum Gasteiger partial charge on any atom is -0.459 e. The van der Waals surface area contributed by atoms with Gasteiger partial charge >= 0.3 is 13.6 Å². The highest BCUT2D eigenvalue weighted by Gasteiger charge is 2.24. The molecular formula is C8H18NO5P. The summed E-state index contributed by atoms with van der Waals surface area (Å²) in [5, 5.41) is 0. The summed E-state index contributed by atoms with van der Waals surface area (Å²) < 4.78 is 15.5. The van der Waals surface area contributed by atoms with Crippen molar-refractivity contribution in [3.05, 3.63) is 0 Å². The molecule has 7 heteroatoms. The Labute approximate surface area is 89.0 Å². The molecule has 6 nitrogen and oxygen atoms in total. The van der Waals surface area contributed by atoms with E-state index in [0.717, 1.165) is 0 Å². The lowest BCUT2D eigenvalue weighted by atomic mass is 10.2. The zero-order valence-corrected chi connectivity index (χ0v) is 10.0. The second-order valence-electron chi connectivity index (χ2n) is 4.32. The highest BCUT2D eigenvalue weighted by Crippen LogP contribution is 2.35. The lowest BCUT2D eigenvalue weighted by Gasteiger charge is -2.22. The van der Waals surface area contributed by atoms with Crippen LogP contribution < -0.4 is 5.73 Å². The maximum atomic E-state index is 11.3. The molecule has 0 spiro atoms. The van der Waals surface area contributed by atoms with Crippen LogP contribution in [0.5, 0.6) is 0 Å². The Bertz CT molecular complexity index is 267. The molecule has 0 saturated carbocycles. The summed E-state index contributed by atoms with van der Waals surface area (Å²) in [4.78, 5) is 28.4. The summed E-state index contributed by atoms with van der Waals surface area (Å²) in [6.07, 6.45) is -0.493. The van der Waals surface area contributed by atoms with E-state index >= 15 is 0 Å². The molecule has 0 rings (SSSR count). The molecule has 0 radical (unpaired) electrons. The zero-order valence-electron chi connectivity index (χ0n) is 9.14. The summed E-state index contributed by atoms with van der Waals surface area (Å²) in [6.45, 7) is 5.09. The molecule has 4 N–H and O–H groups in total. The standard InChI is InChI=1S/C8H18NO5P/c1-8(2,3)14-7(10)6(9)4-5-15(11,12)13/h6H,4-5,9H2,1-3H3,(H2,11,12,13).